The minimum atomic E-state index is 0. The molecule has 0 heterocycles. The predicted molar refractivity (Wildman–Crippen MR) is 71.7 cm³/mol. The maximum Gasteiger partial charge on any atom is -0.813 e. The Kier molecular flexibility index (Phi) is 376. The second-order valence-electron chi connectivity index (χ2n) is 0.102. The maximum atomic E-state index is 2.04. The molecule has 0 bridgehead atoms. The van der Waals surface area contributed by atoms with E-state index in [1.54, 1.807) is 8.41 Å². The summed E-state index contributed by atoms with van der Waals surface area (Å²) in [4.78, 5) is 0. The van der Waals surface area contributed by atoms with Crippen LogP contribution in [0.25, 0.3) is 0 Å². The first-order chi connectivity index (χ1) is 1.41. The van der Waals surface area contributed by atoms with Gasteiger partial charge >= 0.3 is 39.2 Å². The number of hydrogen-bond acceptors (Lipinski definition) is 7. The van der Waals surface area contributed by atoms with Crippen LogP contribution in [0.4, 0.5) is 0 Å². The van der Waals surface area contributed by atoms with Crippen molar-refractivity contribution in [3.8, 4) is 0 Å². The molecule has 9 heavy (non-hydrogen) atoms. The first kappa shape index (κ1) is 54.4. The zero-order valence-corrected chi connectivity index (χ0v) is 14.5. The van der Waals surface area contributed by atoms with Crippen molar-refractivity contribution >= 4 is 120 Å². The average Bonchev–Trinajstić information content (AvgIpc) is 0.918. The van der Waals surface area contributed by atoms with Gasteiger partial charge < -0.3 is 81.0 Å². The fraction of sp³-hybridized carbons (Fsp3) is 0. The summed E-state index contributed by atoms with van der Waals surface area (Å²) in [5, 5.41) is 0. The zero-order chi connectivity index (χ0) is 2.71. The molecular weight excluding hydrogens is 370 g/mol. The van der Waals surface area contributed by atoms with Crippen LogP contribution in [0.2, 0.25) is 0 Å². The largest absolute Gasteiger partial charge is 0.813 e. The SMILES string of the molecule is [Ge][S][Ge].[SH-].[SH-].[SH-].[SH-].[SH-].[SH-]. The van der Waals surface area contributed by atoms with Gasteiger partial charge in [-0.2, -0.15) is 0 Å². The summed E-state index contributed by atoms with van der Waals surface area (Å²) >= 11 is 4.08. The van der Waals surface area contributed by atoms with E-state index in [0.29, 0.717) is 0 Å². The molecule has 0 saturated heterocycles. The Bertz CT molecular complexity index is 6.88. The Hall–Kier alpha value is 3.54. The van der Waals surface area contributed by atoms with Gasteiger partial charge in [-0.3, -0.25) is 0 Å². The Balaban J connectivity index is -0.00000000133. The topological polar surface area (TPSA) is 0 Å². The summed E-state index contributed by atoms with van der Waals surface area (Å²) in [5.74, 6) is 0. The van der Waals surface area contributed by atoms with Crippen LogP contribution < -0.4 is 0 Å². The molecule has 0 spiro atoms. The van der Waals surface area contributed by atoms with Crippen molar-refractivity contribution in [2.75, 3.05) is 0 Å². The predicted octanol–water partition coefficient (Wildman–Crippen LogP) is -1.73. The third-order valence-corrected chi connectivity index (χ3v) is 0. The summed E-state index contributed by atoms with van der Waals surface area (Å²) < 4.78 is 0. The van der Waals surface area contributed by atoms with Crippen molar-refractivity contribution in [3.05, 3.63) is 0 Å². The molecule has 0 atom stereocenters. The summed E-state index contributed by atoms with van der Waals surface area (Å²) in [6.07, 6.45) is 0. The van der Waals surface area contributed by atoms with E-state index in [1.807, 2.05) is 30.7 Å². The Morgan fingerprint density at radius 2 is 0.556 bits per heavy atom. The van der Waals surface area contributed by atoms with E-state index >= 15 is 0 Å². The molecule has 0 saturated carbocycles. The second-order valence-corrected chi connectivity index (χ2v) is 8.27. The van der Waals surface area contributed by atoms with Crippen molar-refractivity contribution in [1.82, 2.24) is 0 Å². The Morgan fingerprint density at radius 3 is 0.556 bits per heavy atom. The van der Waals surface area contributed by atoms with Crippen LogP contribution in [-0.2, 0) is 81.0 Å². The van der Waals surface area contributed by atoms with Gasteiger partial charge in [-0.15, -0.1) is 0 Å². The number of hydrogen-bond donors (Lipinski definition) is 0. The van der Waals surface area contributed by atoms with Crippen LogP contribution in [-0.4, -0.2) is 30.7 Å². The van der Waals surface area contributed by atoms with Crippen molar-refractivity contribution in [2.45, 2.75) is 0 Å². The van der Waals surface area contributed by atoms with Crippen molar-refractivity contribution in [3.63, 3.8) is 0 Å². The van der Waals surface area contributed by atoms with E-state index in [-0.39, 0.29) is 81.0 Å². The first-order valence-corrected chi connectivity index (χ1v) is 6.36. The van der Waals surface area contributed by atoms with E-state index in [1.165, 1.54) is 0 Å². The van der Waals surface area contributed by atoms with Gasteiger partial charge in [-0.1, -0.05) is 0 Å². The van der Waals surface area contributed by atoms with Gasteiger partial charge in [0, 0.05) is 0 Å². The third kappa shape index (κ3) is 83.9. The minimum Gasteiger partial charge on any atom is -0.813 e. The zero-order valence-electron chi connectivity index (χ0n) is 4.09. The molecule has 6 radical (unpaired) electrons. The summed E-state index contributed by atoms with van der Waals surface area (Å²) in [6, 6.07) is 0. The van der Waals surface area contributed by atoms with Crippen molar-refractivity contribution in [1.29, 1.82) is 0 Å². The Labute approximate surface area is 118 Å². The van der Waals surface area contributed by atoms with Gasteiger partial charge in [-0.05, 0) is 0 Å². The molecule has 0 nitrogen and oxygen atoms in total. The molecule has 0 fully saturated rings. The van der Waals surface area contributed by atoms with Gasteiger partial charge in [0.05, 0.1) is 0 Å². The van der Waals surface area contributed by atoms with Crippen molar-refractivity contribution in [2.24, 2.45) is 0 Å². The second kappa shape index (κ2) is 62.2. The van der Waals surface area contributed by atoms with Crippen LogP contribution in [0.15, 0.2) is 0 Å². The molecule has 0 rings (SSSR count). The molecule has 0 N–H and O–H groups in total. The molecule has 0 aromatic carbocycles. The quantitative estimate of drug-likeness (QED) is 0.277. The summed E-state index contributed by atoms with van der Waals surface area (Å²) in [5.41, 5.74) is 0. The van der Waals surface area contributed by atoms with E-state index in [4.69, 9.17) is 0 Å². The smallest absolute Gasteiger partial charge is 0.813 e. The Morgan fingerprint density at radius 1 is 0.556 bits per heavy atom. The fourth-order valence-corrected chi connectivity index (χ4v) is 0. The van der Waals surface area contributed by atoms with Crippen LogP contribution in [0.1, 0.15) is 0 Å². The molecule has 0 aromatic rings. The van der Waals surface area contributed by atoms with Crippen molar-refractivity contribution < 1.29 is 0 Å². The van der Waals surface area contributed by atoms with E-state index in [2.05, 4.69) is 0 Å². The number of rotatable bonds is 0. The van der Waals surface area contributed by atoms with E-state index in [0.717, 1.165) is 0 Å². The van der Waals surface area contributed by atoms with Gasteiger partial charge in [0.1, 0.15) is 0 Å². The van der Waals surface area contributed by atoms with Gasteiger partial charge in [-0.25, -0.2) is 0 Å². The average molecular weight is 376 g/mol. The number of thiol groups is 6. The molecule has 0 unspecified atom stereocenters. The fourth-order valence-electron chi connectivity index (χ4n) is 0. The normalized spacial score (nSPS) is 2.00. The van der Waals surface area contributed by atoms with Crippen LogP contribution in [0, 0.1) is 0 Å². The van der Waals surface area contributed by atoms with E-state index in [9.17, 15) is 0 Å². The summed E-state index contributed by atoms with van der Waals surface area (Å²) in [7, 11) is 1.75. The van der Waals surface area contributed by atoms with Gasteiger partial charge in [0.15, 0.2) is 0 Å². The minimum absolute atomic E-state index is 0. The molecule has 62 valence electrons. The maximum absolute atomic E-state index is 2.04. The van der Waals surface area contributed by atoms with E-state index < -0.39 is 0 Å². The summed E-state index contributed by atoms with van der Waals surface area (Å²) in [6.45, 7) is 0. The molecule has 9 heteroatoms. The van der Waals surface area contributed by atoms with Crippen LogP contribution in [0.5, 0.6) is 0 Å². The molecule has 0 aliphatic rings. The molecule has 0 aliphatic carbocycles. The molecule has 0 amide bonds. The standard InChI is InChI=1S/Ge2S.6H2S/c1-3-2;;;;;;/h;6*1H2/p-6. The van der Waals surface area contributed by atoms with Gasteiger partial charge in [0.2, 0.25) is 0 Å². The van der Waals surface area contributed by atoms with Crippen LogP contribution in [0.3, 0.4) is 0 Å². The van der Waals surface area contributed by atoms with Crippen LogP contribution >= 0.6 is 8.41 Å². The molecule has 0 aliphatic heterocycles. The monoisotopic (exact) mass is 378 g/mol. The first-order valence-electron chi connectivity index (χ1n) is 0.408. The molecular formula is H6Ge2S7-6. The van der Waals surface area contributed by atoms with Gasteiger partial charge in [0.25, 0.3) is 0 Å². The molecule has 0 aromatic heterocycles. The third-order valence-electron chi connectivity index (χ3n) is 0.